The molecular formula is C19H19NO3. The molecule has 0 saturated heterocycles. The number of carbonyl (C=O) groups excluding carboxylic acids is 2. The summed E-state index contributed by atoms with van der Waals surface area (Å²) in [7, 11) is 1.51. The third-order valence-electron chi connectivity index (χ3n) is 4.29. The Kier molecular flexibility index (Phi) is 3.90. The van der Waals surface area contributed by atoms with Gasteiger partial charge < -0.3 is 4.74 Å². The average molecular weight is 309 g/mol. The van der Waals surface area contributed by atoms with Crippen molar-refractivity contribution < 1.29 is 14.3 Å². The van der Waals surface area contributed by atoms with Gasteiger partial charge in [0.25, 0.3) is 11.8 Å². The van der Waals surface area contributed by atoms with Crippen LogP contribution in [0.1, 0.15) is 45.7 Å². The lowest BCUT2D eigenvalue weighted by Gasteiger charge is -2.21. The van der Waals surface area contributed by atoms with E-state index in [4.69, 9.17) is 4.74 Å². The van der Waals surface area contributed by atoms with Gasteiger partial charge in [-0.25, -0.2) is 4.90 Å². The summed E-state index contributed by atoms with van der Waals surface area (Å²) in [6, 6.07) is 11.0. The second-order valence-corrected chi connectivity index (χ2v) is 5.46. The Hall–Kier alpha value is -2.62. The van der Waals surface area contributed by atoms with Crippen molar-refractivity contribution in [2.75, 3.05) is 12.0 Å². The van der Waals surface area contributed by atoms with Crippen molar-refractivity contribution in [2.24, 2.45) is 0 Å². The molecule has 0 saturated carbocycles. The molecule has 0 radical (unpaired) electrons. The Morgan fingerprint density at radius 2 is 1.52 bits per heavy atom. The fraction of sp³-hybridized carbons (Fsp3) is 0.263. The Bertz CT molecular complexity index is 773. The normalized spacial score (nSPS) is 13.4. The van der Waals surface area contributed by atoms with Gasteiger partial charge in [-0.2, -0.15) is 0 Å². The van der Waals surface area contributed by atoms with Crippen LogP contribution in [-0.4, -0.2) is 18.9 Å². The van der Waals surface area contributed by atoms with Crippen molar-refractivity contribution >= 4 is 17.5 Å². The molecule has 0 aromatic heterocycles. The number of para-hydroxylation sites is 1. The Morgan fingerprint density at radius 1 is 0.913 bits per heavy atom. The first-order valence-electron chi connectivity index (χ1n) is 7.80. The maximum Gasteiger partial charge on any atom is 0.269 e. The zero-order chi connectivity index (χ0) is 16.6. The number of aryl methyl sites for hydroxylation is 2. The number of fused-ring (bicyclic) bond motifs is 1. The van der Waals surface area contributed by atoms with E-state index in [1.54, 1.807) is 18.2 Å². The second kappa shape index (κ2) is 5.88. The van der Waals surface area contributed by atoms with Crippen LogP contribution in [0.25, 0.3) is 0 Å². The lowest BCUT2D eigenvalue weighted by atomic mass is 10.0. The van der Waals surface area contributed by atoms with Crippen LogP contribution in [0.15, 0.2) is 36.4 Å². The van der Waals surface area contributed by atoms with Gasteiger partial charge >= 0.3 is 0 Å². The summed E-state index contributed by atoms with van der Waals surface area (Å²) in [6.07, 6.45) is 1.52. The number of methoxy groups -OCH3 is 1. The van der Waals surface area contributed by atoms with Crippen LogP contribution in [0.3, 0.4) is 0 Å². The van der Waals surface area contributed by atoms with Crippen LogP contribution >= 0.6 is 0 Å². The van der Waals surface area contributed by atoms with E-state index in [-0.39, 0.29) is 11.8 Å². The molecule has 2 aromatic rings. The van der Waals surface area contributed by atoms with Crippen LogP contribution in [0, 0.1) is 0 Å². The number of ether oxygens (including phenoxy) is 1. The van der Waals surface area contributed by atoms with E-state index in [2.05, 4.69) is 0 Å². The van der Waals surface area contributed by atoms with Gasteiger partial charge in [-0.1, -0.05) is 38.1 Å². The SMILES string of the molecule is CCc1cccc(CC)c1N1C(=O)c2cccc(OC)c2C1=O. The minimum absolute atomic E-state index is 0.278. The van der Waals surface area contributed by atoms with Crippen molar-refractivity contribution in [1.82, 2.24) is 0 Å². The van der Waals surface area contributed by atoms with E-state index in [9.17, 15) is 9.59 Å². The molecule has 4 heteroatoms. The van der Waals surface area contributed by atoms with Gasteiger partial charge in [-0.05, 0) is 36.1 Å². The maximum absolute atomic E-state index is 12.9. The molecule has 1 heterocycles. The highest BCUT2D eigenvalue weighted by Gasteiger charge is 2.40. The summed E-state index contributed by atoms with van der Waals surface area (Å²) in [4.78, 5) is 27.1. The summed E-state index contributed by atoms with van der Waals surface area (Å²) in [6.45, 7) is 4.05. The fourth-order valence-corrected chi connectivity index (χ4v) is 3.13. The largest absolute Gasteiger partial charge is 0.496 e. The van der Waals surface area contributed by atoms with Crippen molar-refractivity contribution in [3.63, 3.8) is 0 Å². The van der Waals surface area contributed by atoms with Crippen molar-refractivity contribution in [1.29, 1.82) is 0 Å². The van der Waals surface area contributed by atoms with E-state index in [0.717, 1.165) is 29.7 Å². The summed E-state index contributed by atoms with van der Waals surface area (Å²) in [5, 5.41) is 0. The van der Waals surface area contributed by atoms with E-state index < -0.39 is 0 Å². The molecule has 0 atom stereocenters. The molecule has 0 N–H and O–H groups in total. The van der Waals surface area contributed by atoms with Gasteiger partial charge in [0.2, 0.25) is 0 Å². The number of nitrogens with zero attached hydrogens (tertiary/aromatic N) is 1. The molecule has 118 valence electrons. The number of rotatable bonds is 4. The highest BCUT2D eigenvalue weighted by Crippen LogP contribution is 2.37. The number of anilines is 1. The number of benzene rings is 2. The van der Waals surface area contributed by atoms with E-state index in [0.29, 0.717) is 16.9 Å². The first-order valence-corrected chi connectivity index (χ1v) is 7.80. The smallest absolute Gasteiger partial charge is 0.269 e. The van der Waals surface area contributed by atoms with Crippen molar-refractivity contribution in [3.05, 3.63) is 58.7 Å². The first kappa shape index (κ1) is 15.3. The summed E-state index contributed by atoms with van der Waals surface area (Å²) in [5.74, 6) is -0.145. The Labute approximate surface area is 135 Å². The van der Waals surface area contributed by atoms with Gasteiger partial charge in [-0.3, -0.25) is 9.59 Å². The molecule has 0 aliphatic carbocycles. The molecule has 3 rings (SSSR count). The average Bonchev–Trinajstić information content (AvgIpc) is 2.85. The van der Waals surface area contributed by atoms with Crippen molar-refractivity contribution in [2.45, 2.75) is 26.7 Å². The summed E-state index contributed by atoms with van der Waals surface area (Å²) >= 11 is 0. The van der Waals surface area contributed by atoms with Gasteiger partial charge in [0, 0.05) is 0 Å². The molecule has 23 heavy (non-hydrogen) atoms. The summed E-state index contributed by atoms with van der Waals surface area (Å²) in [5.41, 5.74) is 3.48. The van der Waals surface area contributed by atoms with Crippen LogP contribution < -0.4 is 9.64 Å². The van der Waals surface area contributed by atoms with E-state index in [1.807, 2.05) is 32.0 Å². The molecular weight excluding hydrogens is 290 g/mol. The van der Waals surface area contributed by atoms with Gasteiger partial charge in [0.05, 0.1) is 23.9 Å². The van der Waals surface area contributed by atoms with E-state index in [1.165, 1.54) is 12.0 Å². The maximum atomic E-state index is 12.9. The molecule has 4 nitrogen and oxygen atoms in total. The van der Waals surface area contributed by atoms with Crippen LogP contribution in [0.2, 0.25) is 0 Å². The quantitative estimate of drug-likeness (QED) is 0.810. The lowest BCUT2D eigenvalue weighted by Crippen LogP contribution is -2.31. The molecule has 1 aliphatic rings. The number of hydrogen-bond acceptors (Lipinski definition) is 3. The van der Waals surface area contributed by atoms with E-state index >= 15 is 0 Å². The zero-order valence-electron chi connectivity index (χ0n) is 13.6. The molecule has 2 amide bonds. The number of carbonyl (C=O) groups is 2. The van der Waals surface area contributed by atoms with Gasteiger partial charge in [0.15, 0.2) is 0 Å². The molecule has 1 aliphatic heterocycles. The third-order valence-corrected chi connectivity index (χ3v) is 4.29. The minimum atomic E-state index is -0.307. The molecule has 2 aromatic carbocycles. The highest BCUT2D eigenvalue weighted by atomic mass is 16.5. The topological polar surface area (TPSA) is 46.6 Å². The minimum Gasteiger partial charge on any atom is -0.496 e. The van der Waals surface area contributed by atoms with Crippen molar-refractivity contribution in [3.8, 4) is 5.75 Å². The Balaban J connectivity index is 2.21. The van der Waals surface area contributed by atoms with Crippen LogP contribution in [0.4, 0.5) is 5.69 Å². The standard InChI is InChI=1S/C19H19NO3/c1-4-12-8-6-9-13(5-2)17(12)20-18(21)14-10-7-11-15(23-3)16(14)19(20)22/h6-11H,4-5H2,1-3H3. The molecule has 0 unspecified atom stereocenters. The zero-order valence-corrected chi connectivity index (χ0v) is 13.6. The predicted molar refractivity (Wildman–Crippen MR) is 89.3 cm³/mol. The molecule has 0 fully saturated rings. The number of amides is 2. The predicted octanol–water partition coefficient (Wildman–Crippen LogP) is 3.62. The lowest BCUT2D eigenvalue weighted by molar-refractivity contribution is 0.0925. The van der Waals surface area contributed by atoms with Gasteiger partial charge in [-0.15, -0.1) is 0 Å². The fourth-order valence-electron chi connectivity index (χ4n) is 3.13. The second-order valence-electron chi connectivity index (χ2n) is 5.46. The summed E-state index contributed by atoms with van der Waals surface area (Å²) < 4.78 is 5.27. The number of hydrogen-bond donors (Lipinski definition) is 0. The monoisotopic (exact) mass is 309 g/mol. The van der Waals surface area contributed by atoms with Crippen LogP contribution in [0.5, 0.6) is 5.75 Å². The molecule has 0 spiro atoms. The number of imide groups is 1. The Morgan fingerprint density at radius 3 is 2.09 bits per heavy atom. The van der Waals surface area contributed by atoms with Crippen LogP contribution in [-0.2, 0) is 12.8 Å². The first-order chi connectivity index (χ1) is 11.1. The third kappa shape index (κ3) is 2.22. The molecule has 0 bridgehead atoms. The van der Waals surface area contributed by atoms with Gasteiger partial charge in [0.1, 0.15) is 5.75 Å². The highest BCUT2D eigenvalue weighted by molar-refractivity contribution is 6.35.